The molecule has 3 rings (SSSR count). The van der Waals surface area contributed by atoms with E-state index in [4.69, 9.17) is 10.5 Å². The van der Waals surface area contributed by atoms with Gasteiger partial charge in [-0.1, -0.05) is 31.4 Å². The first-order chi connectivity index (χ1) is 10.1. The van der Waals surface area contributed by atoms with Gasteiger partial charge in [-0.3, -0.25) is 0 Å². The normalized spacial score (nSPS) is 23.0. The summed E-state index contributed by atoms with van der Waals surface area (Å²) in [6, 6.07) is 8.55. The monoisotopic (exact) mass is 288 g/mol. The van der Waals surface area contributed by atoms with Gasteiger partial charge in [-0.15, -0.1) is 0 Å². The third-order valence-electron chi connectivity index (χ3n) is 5.26. The molecule has 0 bridgehead atoms. The van der Waals surface area contributed by atoms with Crippen LogP contribution in [0.25, 0.3) is 0 Å². The molecular formula is C18H28N2O. The topological polar surface area (TPSA) is 38.5 Å². The van der Waals surface area contributed by atoms with Gasteiger partial charge < -0.3 is 15.4 Å². The van der Waals surface area contributed by atoms with Gasteiger partial charge in [-0.25, -0.2) is 0 Å². The van der Waals surface area contributed by atoms with Crippen molar-refractivity contribution in [3.05, 3.63) is 29.8 Å². The summed E-state index contributed by atoms with van der Waals surface area (Å²) in [5, 5.41) is 0. The first-order valence-corrected chi connectivity index (χ1v) is 8.31. The molecule has 0 radical (unpaired) electrons. The summed E-state index contributed by atoms with van der Waals surface area (Å²) in [6.07, 6.45) is 9.16. The lowest BCUT2D eigenvalue weighted by molar-refractivity contribution is 0.0713. The van der Waals surface area contributed by atoms with E-state index in [-0.39, 0.29) is 11.6 Å². The van der Waals surface area contributed by atoms with E-state index in [1.165, 1.54) is 50.5 Å². The molecule has 116 valence electrons. The number of hydrogen-bond donors (Lipinski definition) is 1. The van der Waals surface area contributed by atoms with Crippen LogP contribution in [0.1, 0.15) is 56.6 Å². The minimum atomic E-state index is 0.0720. The van der Waals surface area contributed by atoms with E-state index >= 15 is 0 Å². The lowest BCUT2D eigenvalue weighted by Crippen LogP contribution is -2.53. The Hall–Kier alpha value is -1.06. The molecule has 2 fully saturated rings. The van der Waals surface area contributed by atoms with Crippen LogP contribution in [0.4, 0.5) is 0 Å². The molecule has 0 saturated heterocycles. The van der Waals surface area contributed by atoms with Crippen molar-refractivity contribution >= 4 is 0 Å². The van der Waals surface area contributed by atoms with Crippen LogP contribution < -0.4 is 10.5 Å². The van der Waals surface area contributed by atoms with Crippen molar-refractivity contribution in [3.63, 3.8) is 0 Å². The van der Waals surface area contributed by atoms with E-state index in [1.807, 2.05) is 0 Å². The molecule has 2 N–H and O–H groups in total. The lowest BCUT2D eigenvalue weighted by Gasteiger charge is -2.47. The van der Waals surface area contributed by atoms with Gasteiger partial charge >= 0.3 is 0 Å². The van der Waals surface area contributed by atoms with E-state index in [9.17, 15) is 0 Å². The molecule has 2 aliphatic rings. The van der Waals surface area contributed by atoms with Crippen LogP contribution in [-0.2, 0) is 0 Å². The average molecular weight is 288 g/mol. The summed E-state index contributed by atoms with van der Waals surface area (Å²) in [4.78, 5) is 2.35. The maximum Gasteiger partial charge on any atom is 0.119 e. The largest absolute Gasteiger partial charge is 0.490 e. The van der Waals surface area contributed by atoms with Crippen LogP contribution in [-0.4, -0.2) is 30.6 Å². The first kappa shape index (κ1) is 14.9. The summed E-state index contributed by atoms with van der Waals surface area (Å²) in [5.41, 5.74) is 8.03. The van der Waals surface area contributed by atoms with Crippen LogP contribution >= 0.6 is 0 Å². The Kier molecular flexibility index (Phi) is 4.23. The van der Waals surface area contributed by atoms with Crippen LogP contribution in [0, 0.1) is 0 Å². The standard InChI is InChI=1S/C18H28N2O/c1-20(2)18(12-4-3-5-13-18)17(19)14-6-8-15(9-7-14)21-16-10-11-16/h6-9,16-17H,3-5,10-13,19H2,1-2H3. The molecule has 0 spiro atoms. The third kappa shape index (κ3) is 3.09. The zero-order chi connectivity index (χ0) is 14.9. The Morgan fingerprint density at radius 2 is 1.71 bits per heavy atom. The molecule has 1 aromatic carbocycles. The van der Waals surface area contributed by atoms with E-state index in [2.05, 4.69) is 43.3 Å². The zero-order valence-corrected chi connectivity index (χ0v) is 13.3. The number of benzene rings is 1. The second kappa shape index (κ2) is 5.98. The molecule has 1 unspecified atom stereocenters. The van der Waals surface area contributed by atoms with E-state index in [1.54, 1.807) is 0 Å². The highest BCUT2D eigenvalue weighted by Crippen LogP contribution is 2.41. The van der Waals surface area contributed by atoms with Gasteiger partial charge in [0.2, 0.25) is 0 Å². The highest BCUT2D eigenvalue weighted by Gasteiger charge is 2.40. The Bertz CT molecular complexity index is 459. The molecule has 21 heavy (non-hydrogen) atoms. The predicted molar refractivity (Wildman–Crippen MR) is 86.5 cm³/mol. The van der Waals surface area contributed by atoms with Gasteiger partial charge in [0.15, 0.2) is 0 Å². The quantitative estimate of drug-likeness (QED) is 0.901. The summed E-state index contributed by atoms with van der Waals surface area (Å²) < 4.78 is 5.83. The van der Waals surface area contributed by atoms with Crippen molar-refractivity contribution in [1.29, 1.82) is 0 Å². The Morgan fingerprint density at radius 1 is 1.10 bits per heavy atom. The molecule has 1 atom stereocenters. The van der Waals surface area contributed by atoms with Crippen LogP contribution in [0.3, 0.4) is 0 Å². The molecule has 0 heterocycles. The summed E-state index contributed by atoms with van der Waals surface area (Å²) >= 11 is 0. The van der Waals surface area contributed by atoms with Gasteiger partial charge in [0, 0.05) is 11.6 Å². The number of hydrogen-bond acceptors (Lipinski definition) is 3. The molecule has 1 aromatic rings. The van der Waals surface area contributed by atoms with E-state index in [0.29, 0.717) is 6.10 Å². The molecule has 3 heteroatoms. The van der Waals surface area contributed by atoms with Gasteiger partial charge in [0.25, 0.3) is 0 Å². The van der Waals surface area contributed by atoms with Gasteiger partial charge in [-0.2, -0.15) is 0 Å². The van der Waals surface area contributed by atoms with Crippen molar-refractivity contribution in [2.24, 2.45) is 5.73 Å². The SMILES string of the molecule is CN(C)C1(C(N)c2ccc(OC3CC3)cc2)CCCCC1. The minimum Gasteiger partial charge on any atom is -0.490 e. The van der Waals surface area contributed by atoms with Crippen molar-refractivity contribution in [1.82, 2.24) is 4.90 Å². The molecule has 2 aliphatic carbocycles. The second-order valence-corrected chi connectivity index (χ2v) is 6.92. The van der Waals surface area contributed by atoms with Gasteiger partial charge in [0.1, 0.15) is 5.75 Å². The Labute approximate surface area is 128 Å². The maximum atomic E-state index is 6.69. The zero-order valence-electron chi connectivity index (χ0n) is 13.3. The summed E-state index contributed by atoms with van der Waals surface area (Å²) in [7, 11) is 4.35. The summed E-state index contributed by atoms with van der Waals surface area (Å²) in [5.74, 6) is 0.982. The van der Waals surface area contributed by atoms with Crippen molar-refractivity contribution < 1.29 is 4.74 Å². The fraction of sp³-hybridized carbons (Fsp3) is 0.667. The number of ether oxygens (including phenoxy) is 1. The fourth-order valence-corrected chi connectivity index (χ4v) is 3.64. The highest BCUT2D eigenvalue weighted by atomic mass is 16.5. The number of rotatable bonds is 5. The second-order valence-electron chi connectivity index (χ2n) is 6.92. The van der Waals surface area contributed by atoms with Crippen molar-refractivity contribution in [2.45, 2.75) is 62.6 Å². The van der Waals surface area contributed by atoms with Crippen molar-refractivity contribution in [3.8, 4) is 5.75 Å². The number of nitrogens with two attached hydrogens (primary N) is 1. The smallest absolute Gasteiger partial charge is 0.119 e. The fourth-order valence-electron chi connectivity index (χ4n) is 3.64. The van der Waals surface area contributed by atoms with Gasteiger partial charge in [0.05, 0.1) is 6.10 Å². The highest BCUT2D eigenvalue weighted by molar-refractivity contribution is 5.31. The Morgan fingerprint density at radius 3 is 2.24 bits per heavy atom. The molecular weight excluding hydrogens is 260 g/mol. The lowest BCUT2D eigenvalue weighted by atomic mass is 9.73. The molecule has 0 amide bonds. The molecule has 0 aromatic heterocycles. The maximum absolute atomic E-state index is 6.69. The van der Waals surface area contributed by atoms with Crippen LogP contribution in [0.15, 0.2) is 24.3 Å². The van der Waals surface area contributed by atoms with Crippen molar-refractivity contribution in [2.75, 3.05) is 14.1 Å². The molecule has 3 nitrogen and oxygen atoms in total. The van der Waals surface area contributed by atoms with E-state index in [0.717, 1.165) is 5.75 Å². The van der Waals surface area contributed by atoms with Crippen LogP contribution in [0.2, 0.25) is 0 Å². The predicted octanol–water partition coefficient (Wildman–Crippen LogP) is 3.49. The average Bonchev–Trinajstić information content (AvgIpc) is 3.32. The first-order valence-electron chi connectivity index (χ1n) is 8.31. The number of nitrogens with zero attached hydrogens (tertiary/aromatic N) is 1. The Balaban J connectivity index is 1.76. The summed E-state index contributed by atoms with van der Waals surface area (Å²) in [6.45, 7) is 0. The third-order valence-corrected chi connectivity index (χ3v) is 5.26. The minimum absolute atomic E-state index is 0.0720. The van der Waals surface area contributed by atoms with Crippen LogP contribution in [0.5, 0.6) is 5.75 Å². The number of likely N-dealkylation sites (N-methyl/N-ethyl adjacent to an activating group) is 1. The molecule has 0 aliphatic heterocycles. The molecule has 2 saturated carbocycles. The van der Waals surface area contributed by atoms with Gasteiger partial charge in [-0.05, 0) is 57.5 Å². The van der Waals surface area contributed by atoms with E-state index < -0.39 is 0 Å².